The van der Waals surface area contributed by atoms with Gasteiger partial charge in [-0.1, -0.05) is 66.7 Å². The van der Waals surface area contributed by atoms with Crippen LogP contribution in [0.15, 0.2) is 265 Å². The van der Waals surface area contributed by atoms with E-state index in [1.54, 1.807) is 109 Å². The fourth-order valence-electron chi connectivity index (χ4n) is 16.3. The normalized spacial score (nSPS) is 12.0. The highest BCUT2D eigenvalue weighted by atomic mass is 32.1. The number of aromatic nitrogens is 14. The molecule has 0 spiro atoms. The number of nitrogens with one attached hydrogen (secondary N) is 5. The Morgan fingerprint density at radius 3 is 1.06 bits per heavy atom. The molecule has 0 atom stereocenters. The van der Waals surface area contributed by atoms with E-state index in [-0.39, 0.29) is 114 Å². The zero-order chi connectivity index (χ0) is 98.5. The number of thiophene rings is 2. The first kappa shape index (κ1) is 92.1. The maximum atomic E-state index is 13.6. The number of H-pyrrole nitrogens is 5. The maximum Gasteiger partial charge on any atom is 0.416 e. The number of hydrogen-bond acceptors (Lipinski definition) is 18. The van der Waals surface area contributed by atoms with Gasteiger partial charge in [0.2, 0.25) is 0 Å². The van der Waals surface area contributed by atoms with E-state index in [2.05, 4.69) is 29.9 Å². The lowest BCUT2D eigenvalue weighted by molar-refractivity contribution is -0.138. The van der Waals surface area contributed by atoms with Crippen molar-refractivity contribution >= 4 is 145 Å². The first-order chi connectivity index (χ1) is 65.4. The topological polar surface area (TPSA) is 482 Å². The number of fused-ring (bicyclic) bond motifs is 8. The lowest BCUT2D eigenvalue weighted by Crippen LogP contribution is -2.34. The van der Waals surface area contributed by atoms with Crippen molar-refractivity contribution in [2.75, 3.05) is 11.5 Å². The summed E-state index contributed by atoms with van der Waals surface area (Å²) < 4.78 is 175. The minimum atomic E-state index is -4.75. The van der Waals surface area contributed by atoms with E-state index >= 15 is 0 Å². The lowest BCUT2D eigenvalue weighted by atomic mass is 10.1. The Hall–Kier alpha value is -17.8. The van der Waals surface area contributed by atoms with Crippen LogP contribution in [0.5, 0.6) is 0 Å². The van der Waals surface area contributed by atoms with Gasteiger partial charge in [0.25, 0.3) is 22.2 Å². The standard InChI is InChI=1S/C25H17F3N4O4.C23H14F3N3O4S.C22H15F3N6O4.C21H12F3N3O5S/c26-25(27,28)14-8-9-19-17(11-14)20(32-22(33)16-6-1-2-7-18(16)30-24(32)36)21(23(34)35)31(19)12-13-4-3-5-15(29)10-13;24-23(25,26)13-6-7-17-14(8-13)18(29-20(30)15-10-34-11-16(15)27-22(29)33)19(21(31)32)28(17)9-12-4-2-1-3-5-12;23-22(24,25)11-4-5-14-13(7-11)16(31-19(32)15-18(28-9-27-15)29-21(31)35)17(20(33)34)30(14)8-10-2-1-3-12(26)6-10;22-21(23,24)10-3-4-15-12(6-10)16(17(19(29)30)26(15)7-11-2-1-5-32-11)27-18(28)13-8-33-9-14(13)25-20(27)31/h1-11H,12,29H2,(H,30,36)(H,34,35);1-8,10-11H,9H2,(H,27,33)(H,31,32);1-7,9H,8,26H2,(H,27,28)(H,29,35)(H,33,34);1-6,8-9H,7H2,(H,25,31)(H,29,30). The van der Waals surface area contributed by atoms with Crippen LogP contribution < -0.4 is 56.5 Å². The van der Waals surface area contributed by atoms with Crippen molar-refractivity contribution in [2.24, 2.45) is 0 Å². The van der Waals surface area contributed by atoms with Crippen molar-refractivity contribution in [3.8, 4) is 22.7 Å². The Bertz CT molecular complexity index is 8960. The van der Waals surface area contributed by atoms with Gasteiger partial charge in [-0.3, -0.25) is 24.2 Å². The van der Waals surface area contributed by atoms with Crippen molar-refractivity contribution in [1.82, 2.24) is 66.4 Å². The number of hydrogen-bond donors (Lipinski definition) is 11. The molecule has 13 N–H and O–H groups in total. The molecule has 0 amide bonds. The van der Waals surface area contributed by atoms with Gasteiger partial charge < -0.3 is 74.5 Å². The summed E-state index contributed by atoms with van der Waals surface area (Å²) >= 11 is 2.29. The van der Waals surface area contributed by atoms with Gasteiger partial charge in [-0.2, -0.15) is 52.7 Å². The number of nitrogens with zero attached hydrogens (tertiary/aromatic N) is 9. The van der Waals surface area contributed by atoms with Gasteiger partial charge in [0.15, 0.2) is 28.4 Å². The second kappa shape index (κ2) is 35.0. The van der Waals surface area contributed by atoms with Gasteiger partial charge >= 0.3 is 71.3 Å². The molecule has 20 aromatic rings. The number of rotatable bonds is 16. The van der Waals surface area contributed by atoms with E-state index in [9.17, 15) is 131 Å². The van der Waals surface area contributed by atoms with Crippen LogP contribution in [-0.2, 0) is 50.9 Å². The molecule has 33 nitrogen and oxygen atoms in total. The Morgan fingerprint density at radius 1 is 0.348 bits per heavy atom. The number of halogens is 12. The Kier molecular flexibility index (Phi) is 23.3. The molecule has 0 saturated carbocycles. The number of nitrogens with two attached hydrogens (primary N) is 2. The number of carbonyl (C=O) groups is 4. The number of aromatic carboxylic acids is 4. The quantitative estimate of drug-likeness (QED) is 0.0316. The number of carboxylic acid groups (broad SMARTS) is 4. The smallest absolute Gasteiger partial charge is 0.416 e. The van der Waals surface area contributed by atoms with E-state index in [0.717, 1.165) is 102 Å². The third kappa shape index (κ3) is 16.9. The van der Waals surface area contributed by atoms with Crippen LogP contribution in [0.2, 0.25) is 0 Å². The average molecular weight is 1940 g/mol. The molecule has 12 heterocycles. The van der Waals surface area contributed by atoms with Crippen LogP contribution in [0.4, 0.5) is 64.1 Å². The van der Waals surface area contributed by atoms with E-state index in [0.29, 0.717) is 52.1 Å². The predicted molar refractivity (Wildman–Crippen MR) is 482 cm³/mol. The van der Waals surface area contributed by atoms with Crippen molar-refractivity contribution in [2.45, 2.75) is 50.9 Å². The molecule has 12 aromatic heterocycles. The number of benzene rings is 8. The molecule has 0 bridgehead atoms. The molecule has 0 aliphatic heterocycles. The molecule has 0 fully saturated rings. The van der Waals surface area contributed by atoms with E-state index in [1.165, 1.54) is 52.8 Å². The molecule has 8 aromatic carbocycles. The van der Waals surface area contributed by atoms with E-state index < -0.39 is 161 Å². The second-order valence-corrected chi connectivity index (χ2v) is 32.2. The molecule has 0 radical (unpaired) electrons. The van der Waals surface area contributed by atoms with Crippen LogP contribution in [0.3, 0.4) is 0 Å². The minimum Gasteiger partial charge on any atom is -0.477 e. The van der Waals surface area contributed by atoms with Gasteiger partial charge in [-0.25, -0.2) is 61.6 Å². The average Bonchev–Trinajstić information content (AvgIpc) is 1.59. The zero-order valence-electron chi connectivity index (χ0n) is 69.3. The van der Waals surface area contributed by atoms with Crippen LogP contribution in [0.25, 0.3) is 110 Å². The summed E-state index contributed by atoms with van der Waals surface area (Å²) in [5.74, 6) is -5.77. The summed E-state index contributed by atoms with van der Waals surface area (Å²) in [6.45, 7) is -0.343. The molecule has 700 valence electrons. The molecule has 0 saturated heterocycles. The molecule has 0 aliphatic rings. The first-order valence-electron chi connectivity index (χ1n) is 39.9. The molecular formula is C91H58F12N16O17S2. The Morgan fingerprint density at radius 2 is 0.688 bits per heavy atom. The summed E-state index contributed by atoms with van der Waals surface area (Å²) in [6.07, 6.45) is -16.4. The summed E-state index contributed by atoms with van der Waals surface area (Å²) in [7, 11) is 0. The maximum absolute atomic E-state index is 13.6. The van der Waals surface area contributed by atoms with Crippen molar-refractivity contribution in [1.29, 1.82) is 0 Å². The lowest BCUT2D eigenvalue weighted by Gasteiger charge is -2.11. The molecule has 138 heavy (non-hydrogen) atoms. The highest BCUT2D eigenvalue weighted by Crippen LogP contribution is 2.42. The van der Waals surface area contributed by atoms with E-state index in [1.807, 2.05) is 0 Å². The monoisotopic (exact) mass is 1940 g/mol. The third-order valence-electron chi connectivity index (χ3n) is 22.2. The SMILES string of the molecule is Nc1cccc(Cn2c(C(=O)O)c(-n3c(=O)[nH]c4ccccc4c3=O)c3cc(C(F)(F)F)ccc32)c1.Nc1cccc(Cn2c(C(=O)O)c(-n3c(=O)[nH]c4nc[nH]c4c3=O)c3cc(C(F)(F)F)ccc32)c1.O=C(O)c1c(-n2c(=O)[nH]c3cscc3c2=O)c2cc(C(F)(F)F)ccc2n1Cc1ccccc1.O=C(O)c1c(-n2c(=O)[nH]c3cscc3c2=O)c2cc(C(F)(F)F)ccc2n1Cc1ccco1. The number of carboxylic acids is 4. The molecular weight excluding hydrogens is 1880 g/mol. The summed E-state index contributed by atoms with van der Waals surface area (Å²) in [6, 6.07) is 41.7. The van der Waals surface area contributed by atoms with Crippen LogP contribution >= 0.6 is 22.7 Å². The van der Waals surface area contributed by atoms with E-state index in [4.69, 9.17) is 15.9 Å². The zero-order valence-corrected chi connectivity index (χ0v) is 71.0. The molecule has 20 rings (SSSR count). The fourth-order valence-corrected chi connectivity index (χ4v) is 17.8. The molecule has 0 aliphatic carbocycles. The molecule has 47 heteroatoms. The number of para-hydroxylation sites is 1. The largest absolute Gasteiger partial charge is 0.477 e. The highest BCUT2D eigenvalue weighted by molar-refractivity contribution is 7.09. The van der Waals surface area contributed by atoms with Crippen LogP contribution in [0.1, 0.15) is 86.7 Å². The number of furan rings is 1. The highest BCUT2D eigenvalue weighted by Gasteiger charge is 2.40. The number of anilines is 2. The number of aromatic amines is 5. The Labute approximate surface area is 762 Å². The molecule has 0 unspecified atom stereocenters. The summed E-state index contributed by atoms with van der Waals surface area (Å²) in [5.41, 5.74) is -0.388. The number of alkyl halides is 12. The van der Waals surface area contributed by atoms with Crippen molar-refractivity contribution < 1.29 is 96.7 Å². The summed E-state index contributed by atoms with van der Waals surface area (Å²) in [5, 5.41) is 45.9. The van der Waals surface area contributed by atoms with Crippen LogP contribution in [-0.4, -0.2) is 111 Å². The van der Waals surface area contributed by atoms with Crippen LogP contribution in [0, 0.1) is 0 Å². The first-order valence-corrected chi connectivity index (χ1v) is 41.8. The van der Waals surface area contributed by atoms with Gasteiger partial charge in [0.05, 0.1) is 119 Å². The third-order valence-corrected chi connectivity index (χ3v) is 23.7. The van der Waals surface area contributed by atoms with Gasteiger partial charge in [-0.15, -0.1) is 22.7 Å². The number of nitrogen functional groups attached to an aromatic ring is 2. The van der Waals surface area contributed by atoms with Gasteiger partial charge in [0.1, 0.15) is 11.3 Å². The minimum absolute atomic E-state index is 0.00229. The second-order valence-electron chi connectivity index (χ2n) is 30.7. The predicted octanol–water partition coefficient (Wildman–Crippen LogP) is 15.2. The van der Waals surface area contributed by atoms with Gasteiger partial charge in [0, 0.05) is 74.1 Å². The van der Waals surface area contributed by atoms with Crippen molar-refractivity contribution in [3.05, 3.63) is 373 Å². The van der Waals surface area contributed by atoms with Gasteiger partial charge in [-0.05, 0) is 138 Å². The summed E-state index contributed by atoms with van der Waals surface area (Å²) in [4.78, 5) is 170. The fraction of sp³-hybridized carbons (Fsp3) is 0.0879. The van der Waals surface area contributed by atoms with Crippen molar-refractivity contribution in [3.63, 3.8) is 0 Å². The Balaban J connectivity index is 0.000000127. The number of imidazole rings is 1.